The number of alkyl halides is 6. The van der Waals surface area contributed by atoms with Gasteiger partial charge in [0.25, 0.3) is 5.91 Å². The highest BCUT2D eigenvalue weighted by molar-refractivity contribution is 5.95. The lowest BCUT2D eigenvalue weighted by atomic mass is 10.0. The fraction of sp³-hybridized carbons (Fsp3) is 0.462. The van der Waals surface area contributed by atoms with Gasteiger partial charge in [-0.25, -0.2) is 5.01 Å². The Morgan fingerprint density at radius 3 is 2.22 bits per heavy atom. The van der Waals surface area contributed by atoms with Gasteiger partial charge in [0.15, 0.2) is 0 Å². The summed E-state index contributed by atoms with van der Waals surface area (Å²) in [5, 5.41) is 9.85. The fourth-order valence-corrected chi connectivity index (χ4v) is 1.77. The normalized spacial score (nSPS) is 12.6. The molecule has 0 unspecified atom stereocenters. The molecule has 0 aliphatic carbocycles. The molecule has 4 nitrogen and oxygen atoms in total. The van der Waals surface area contributed by atoms with Crippen molar-refractivity contribution < 1.29 is 36.2 Å². The molecule has 0 aliphatic rings. The number of nitrogens with zero attached hydrogens (tertiary/aromatic N) is 1. The minimum absolute atomic E-state index is 0.0808. The molecule has 1 aromatic rings. The van der Waals surface area contributed by atoms with E-state index in [-0.39, 0.29) is 37.9 Å². The molecule has 0 saturated carbocycles. The van der Waals surface area contributed by atoms with Crippen molar-refractivity contribution in [3.05, 3.63) is 34.9 Å². The number of carbonyl (C=O) groups is 1. The van der Waals surface area contributed by atoms with Crippen molar-refractivity contribution in [2.24, 2.45) is 0 Å². The Balaban J connectivity index is 3.26. The smallest absolute Gasteiger partial charge is 0.395 e. The zero-order valence-electron chi connectivity index (χ0n) is 11.9. The summed E-state index contributed by atoms with van der Waals surface area (Å²) >= 11 is 0. The van der Waals surface area contributed by atoms with E-state index in [1.165, 1.54) is 0 Å². The maximum Gasteiger partial charge on any atom is 0.417 e. The second-order valence-corrected chi connectivity index (χ2v) is 4.50. The molecule has 23 heavy (non-hydrogen) atoms. The molecular formula is C13H14F6N2O2. The van der Waals surface area contributed by atoms with E-state index in [2.05, 4.69) is 0 Å². The Kier molecular flexibility index (Phi) is 6.00. The topological polar surface area (TPSA) is 52.6 Å². The molecule has 0 aromatic heterocycles. The van der Waals surface area contributed by atoms with Crippen LogP contribution in [-0.2, 0) is 12.4 Å². The first-order valence-corrected chi connectivity index (χ1v) is 6.46. The number of benzene rings is 1. The summed E-state index contributed by atoms with van der Waals surface area (Å²) < 4.78 is 76.6. The molecule has 1 rings (SSSR count). The molecule has 0 saturated heterocycles. The minimum atomic E-state index is -4.98. The second-order valence-electron chi connectivity index (χ2n) is 4.50. The number of likely N-dealkylation sites (N-methyl/N-ethyl adjacent to an activating group) is 1. The van der Waals surface area contributed by atoms with Crippen molar-refractivity contribution in [3.63, 3.8) is 0 Å². The quantitative estimate of drug-likeness (QED) is 0.638. The van der Waals surface area contributed by atoms with Gasteiger partial charge < -0.3 is 5.11 Å². The monoisotopic (exact) mass is 344 g/mol. The molecule has 0 aliphatic heterocycles. The van der Waals surface area contributed by atoms with Crippen LogP contribution in [0.15, 0.2) is 18.2 Å². The minimum Gasteiger partial charge on any atom is -0.395 e. The van der Waals surface area contributed by atoms with E-state index in [1.54, 1.807) is 6.92 Å². The van der Waals surface area contributed by atoms with Gasteiger partial charge in [0.1, 0.15) is 0 Å². The van der Waals surface area contributed by atoms with Crippen LogP contribution in [-0.4, -0.2) is 35.7 Å². The van der Waals surface area contributed by atoms with Gasteiger partial charge in [-0.15, -0.1) is 0 Å². The van der Waals surface area contributed by atoms with E-state index in [1.807, 2.05) is 5.43 Å². The molecule has 130 valence electrons. The maximum absolute atomic E-state index is 12.9. The van der Waals surface area contributed by atoms with Crippen LogP contribution in [0, 0.1) is 0 Å². The Morgan fingerprint density at radius 2 is 1.78 bits per heavy atom. The summed E-state index contributed by atoms with van der Waals surface area (Å²) in [5.41, 5.74) is -1.92. The van der Waals surface area contributed by atoms with E-state index in [9.17, 15) is 31.1 Å². The van der Waals surface area contributed by atoms with Gasteiger partial charge in [0, 0.05) is 13.1 Å². The van der Waals surface area contributed by atoms with Crippen LogP contribution < -0.4 is 5.43 Å². The van der Waals surface area contributed by atoms with Gasteiger partial charge >= 0.3 is 12.4 Å². The molecule has 0 bridgehead atoms. The zero-order chi connectivity index (χ0) is 17.8. The van der Waals surface area contributed by atoms with Gasteiger partial charge in [0.2, 0.25) is 0 Å². The van der Waals surface area contributed by atoms with Gasteiger partial charge in [-0.3, -0.25) is 10.2 Å². The number of hydrazine groups is 1. The van der Waals surface area contributed by atoms with Crippen LogP contribution in [0.5, 0.6) is 0 Å². The third-order valence-corrected chi connectivity index (χ3v) is 2.91. The van der Waals surface area contributed by atoms with E-state index >= 15 is 0 Å². The van der Waals surface area contributed by atoms with Gasteiger partial charge in [-0.2, -0.15) is 26.3 Å². The highest BCUT2D eigenvalue weighted by atomic mass is 19.4. The Morgan fingerprint density at radius 1 is 1.17 bits per heavy atom. The van der Waals surface area contributed by atoms with E-state index in [4.69, 9.17) is 5.11 Å². The Hall–Kier alpha value is -1.81. The van der Waals surface area contributed by atoms with Crippen LogP contribution in [0.2, 0.25) is 0 Å². The van der Waals surface area contributed by atoms with E-state index in [0.29, 0.717) is 0 Å². The number of carbonyl (C=O) groups excluding carboxylic acids is 1. The first-order chi connectivity index (χ1) is 10.5. The molecule has 2 N–H and O–H groups in total. The van der Waals surface area contributed by atoms with Gasteiger partial charge in [-0.1, -0.05) is 6.92 Å². The summed E-state index contributed by atoms with van der Waals surface area (Å²) in [4.78, 5) is 11.9. The second kappa shape index (κ2) is 7.18. The Bertz CT molecular complexity index is 556. The van der Waals surface area contributed by atoms with Gasteiger partial charge in [0.05, 0.1) is 23.3 Å². The molecule has 0 spiro atoms. The summed E-state index contributed by atoms with van der Waals surface area (Å²) in [7, 11) is 0. The van der Waals surface area contributed by atoms with Crippen molar-refractivity contribution in [1.29, 1.82) is 0 Å². The summed E-state index contributed by atoms with van der Waals surface area (Å²) in [6, 6.07) is 0.649. The first-order valence-electron chi connectivity index (χ1n) is 6.46. The average Bonchev–Trinajstić information content (AvgIpc) is 2.44. The lowest BCUT2D eigenvalue weighted by Crippen LogP contribution is -2.44. The molecule has 0 radical (unpaired) electrons. The predicted octanol–water partition coefficient (Wildman–Crippen LogP) is 2.68. The third kappa shape index (κ3) is 5.10. The van der Waals surface area contributed by atoms with Crippen molar-refractivity contribution in [3.8, 4) is 0 Å². The first kappa shape index (κ1) is 19.2. The molecule has 10 heteroatoms. The fourth-order valence-electron chi connectivity index (χ4n) is 1.77. The molecule has 1 amide bonds. The number of amides is 1. The summed E-state index contributed by atoms with van der Waals surface area (Å²) in [5.74, 6) is -1.33. The molecule has 0 atom stereocenters. The van der Waals surface area contributed by atoms with Crippen LogP contribution in [0.1, 0.15) is 28.4 Å². The van der Waals surface area contributed by atoms with Crippen LogP contribution in [0.3, 0.4) is 0 Å². The maximum atomic E-state index is 12.9. The largest absolute Gasteiger partial charge is 0.417 e. The predicted molar refractivity (Wildman–Crippen MR) is 68.2 cm³/mol. The molecular weight excluding hydrogens is 330 g/mol. The number of hydrogen-bond acceptors (Lipinski definition) is 3. The average molecular weight is 344 g/mol. The molecule has 1 aromatic carbocycles. The van der Waals surface area contributed by atoms with Gasteiger partial charge in [-0.05, 0) is 18.2 Å². The highest BCUT2D eigenvalue weighted by Crippen LogP contribution is 2.36. The number of nitrogens with one attached hydrogen (secondary N) is 1. The number of aliphatic hydroxyl groups is 1. The van der Waals surface area contributed by atoms with Crippen molar-refractivity contribution in [2.45, 2.75) is 19.3 Å². The number of hydrogen-bond donors (Lipinski definition) is 2. The van der Waals surface area contributed by atoms with E-state index in [0.717, 1.165) is 5.01 Å². The number of aliphatic hydroxyl groups excluding tert-OH is 1. The Labute approximate surface area is 127 Å². The zero-order valence-corrected chi connectivity index (χ0v) is 11.9. The SMILES string of the molecule is CCN(CCO)NC(=O)c1cc(C(F)(F)F)ccc1C(F)(F)F. The van der Waals surface area contributed by atoms with Crippen molar-refractivity contribution >= 4 is 5.91 Å². The molecule has 0 fully saturated rings. The van der Waals surface area contributed by atoms with Crippen molar-refractivity contribution in [2.75, 3.05) is 19.7 Å². The van der Waals surface area contributed by atoms with Crippen LogP contribution in [0.4, 0.5) is 26.3 Å². The third-order valence-electron chi connectivity index (χ3n) is 2.91. The standard InChI is InChI=1S/C13H14F6N2O2/c1-2-21(5-6-22)20-11(23)9-7-8(12(14,15)16)3-4-10(9)13(17,18)19/h3-4,7,22H,2,5-6H2,1H3,(H,20,23). The van der Waals surface area contributed by atoms with Crippen molar-refractivity contribution in [1.82, 2.24) is 10.4 Å². The molecule has 0 heterocycles. The van der Waals surface area contributed by atoms with E-state index < -0.39 is 35.0 Å². The highest BCUT2D eigenvalue weighted by Gasteiger charge is 2.38. The number of halogens is 6. The number of rotatable bonds is 5. The summed E-state index contributed by atoms with van der Waals surface area (Å²) in [6.07, 6.45) is -9.86. The van der Waals surface area contributed by atoms with Crippen LogP contribution in [0.25, 0.3) is 0 Å². The lowest BCUT2D eigenvalue weighted by Gasteiger charge is -2.22. The van der Waals surface area contributed by atoms with Crippen LogP contribution >= 0.6 is 0 Å². The lowest BCUT2D eigenvalue weighted by molar-refractivity contribution is -0.141. The summed E-state index contributed by atoms with van der Waals surface area (Å²) in [6.45, 7) is 1.23.